The van der Waals surface area contributed by atoms with Crippen molar-refractivity contribution in [2.45, 2.75) is 37.8 Å². The Bertz CT molecular complexity index is 1350. The molecule has 0 spiro atoms. The predicted molar refractivity (Wildman–Crippen MR) is 133 cm³/mol. The van der Waals surface area contributed by atoms with Crippen LogP contribution in [-0.4, -0.2) is 58.6 Å². The second kappa shape index (κ2) is 10.9. The highest BCUT2D eigenvalue weighted by molar-refractivity contribution is 6.31. The summed E-state index contributed by atoms with van der Waals surface area (Å²) in [6.07, 6.45) is -8.60. The molecule has 0 bridgehead atoms. The average Bonchev–Trinajstić information content (AvgIpc) is 3.56. The van der Waals surface area contributed by atoms with Crippen molar-refractivity contribution in [3.8, 4) is 0 Å². The summed E-state index contributed by atoms with van der Waals surface area (Å²) in [5, 5.41) is 8.62. The lowest BCUT2D eigenvalue weighted by Gasteiger charge is -2.30. The average molecular weight is 588 g/mol. The van der Waals surface area contributed by atoms with E-state index in [4.69, 9.17) is 16.3 Å². The van der Waals surface area contributed by atoms with Gasteiger partial charge in [0.15, 0.2) is 11.5 Å². The fourth-order valence-electron chi connectivity index (χ4n) is 5.14. The number of anilines is 1. The van der Waals surface area contributed by atoms with E-state index in [0.717, 1.165) is 5.56 Å². The summed E-state index contributed by atoms with van der Waals surface area (Å²) in [6.45, 7) is 1.25. The molecule has 2 aliphatic heterocycles. The van der Waals surface area contributed by atoms with Crippen LogP contribution in [0, 0.1) is 0 Å². The normalized spacial score (nSPS) is 18.4. The third-order valence-corrected chi connectivity index (χ3v) is 7.32. The molecule has 1 amide bonds. The molecule has 2 aliphatic rings. The Hall–Kier alpha value is -3.32. The maximum atomic E-state index is 13.9. The Kier molecular flexibility index (Phi) is 7.71. The second-order valence-electron chi connectivity index (χ2n) is 9.61. The van der Waals surface area contributed by atoms with Gasteiger partial charge in [0.2, 0.25) is 0 Å². The van der Waals surface area contributed by atoms with Crippen molar-refractivity contribution in [1.29, 1.82) is 0 Å². The van der Waals surface area contributed by atoms with Crippen LogP contribution in [0.2, 0.25) is 5.02 Å². The van der Waals surface area contributed by atoms with Gasteiger partial charge in [-0.15, -0.1) is 5.10 Å². The molecule has 1 aromatic heterocycles. The Morgan fingerprint density at radius 2 is 1.62 bits per heavy atom. The van der Waals surface area contributed by atoms with Gasteiger partial charge in [-0.05, 0) is 48.2 Å². The van der Waals surface area contributed by atoms with E-state index in [-0.39, 0.29) is 29.2 Å². The summed E-state index contributed by atoms with van der Waals surface area (Å²) in [6, 6.07) is 8.23. The molecule has 5 rings (SSSR count). The Labute approximate surface area is 230 Å². The molecule has 0 unspecified atom stereocenters. The Morgan fingerprint density at radius 1 is 0.975 bits per heavy atom. The van der Waals surface area contributed by atoms with Crippen molar-refractivity contribution in [3.05, 3.63) is 75.4 Å². The van der Waals surface area contributed by atoms with Gasteiger partial charge in [0.25, 0.3) is 5.91 Å². The van der Waals surface area contributed by atoms with Crippen molar-refractivity contribution < 1.29 is 35.9 Å². The molecular formula is C26H24ClF6N5O2. The monoisotopic (exact) mass is 587 g/mol. The number of halogens is 7. The number of ether oxygens (including phenoxy) is 1. The second-order valence-corrected chi connectivity index (χ2v) is 10.0. The molecule has 3 aromatic rings. The fourth-order valence-corrected chi connectivity index (χ4v) is 5.40. The molecule has 1 atom stereocenters. The van der Waals surface area contributed by atoms with E-state index >= 15 is 0 Å². The maximum Gasteiger partial charge on any atom is 0.416 e. The number of benzene rings is 2. The highest BCUT2D eigenvalue weighted by atomic mass is 35.5. The lowest BCUT2D eigenvalue weighted by molar-refractivity contribution is -0.143. The third kappa shape index (κ3) is 5.75. The summed E-state index contributed by atoms with van der Waals surface area (Å²) in [5.74, 6) is -0.237. The number of carbonyl (C=O) groups is 1. The summed E-state index contributed by atoms with van der Waals surface area (Å²) < 4.78 is 87.3. The van der Waals surface area contributed by atoms with Gasteiger partial charge in [0, 0.05) is 24.7 Å². The zero-order valence-electron chi connectivity index (χ0n) is 21.0. The van der Waals surface area contributed by atoms with Crippen LogP contribution in [0.1, 0.15) is 51.6 Å². The number of aromatic nitrogens is 3. The fraction of sp³-hybridized carbons (Fsp3) is 0.423. The largest absolute Gasteiger partial charge is 0.416 e. The van der Waals surface area contributed by atoms with E-state index < -0.39 is 35.9 Å². The highest BCUT2D eigenvalue weighted by Gasteiger charge is 2.38. The number of morpholine rings is 1. The third-order valence-electron chi connectivity index (χ3n) is 6.98. The van der Waals surface area contributed by atoms with Crippen LogP contribution in [0.4, 0.5) is 32.2 Å². The van der Waals surface area contributed by atoms with Crippen LogP contribution in [-0.2, 0) is 23.6 Å². The van der Waals surface area contributed by atoms with Gasteiger partial charge < -0.3 is 14.5 Å². The van der Waals surface area contributed by atoms with Crippen molar-refractivity contribution in [1.82, 2.24) is 19.9 Å². The summed E-state index contributed by atoms with van der Waals surface area (Å²) >= 11 is 6.40. The number of hydrogen-bond donors (Lipinski definition) is 0. The van der Waals surface area contributed by atoms with E-state index in [1.54, 1.807) is 21.9 Å². The van der Waals surface area contributed by atoms with E-state index in [1.165, 1.54) is 4.68 Å². The van der Waals surface area contributed by atoms with Crippen molar-refractivity contribution >= 4 is 23.3 Å². The molecule has 0 N–H and O–H groups in total. The standard InChI is InChI=1S/C26H24ClF6N5O2/c27-20-5-2-1-4-19(20)21-6-3-7-37(21)24(39)22-23(36-8-10-40-11-9-36)38(35-34-22)15-16-12-17(25(28,29)30)14-18(13-16)26(31,32)33/h1-2,4-5,12-14,21H,3,6-11,15H2/t21-/m1/s1. The van der Waals surface area contributed by atoms with Gasteiger partial charge in [-0.2, -0.15) is 26.3 Å². The molecule has 3 heterocycles. The first-order valence-electron chi connectivity index (χ1n) is 12.5. The van der Waals surface area contributed by atoms with Crippen LogP contribution >= 0.6 is 11.6 Å². The topological polar surface area (TPSA) is 63.5 Å². The van der Waals surface area contributed by atoms with Gasteiger partial charge in [-0.3, -0.25) is 4.79 Å². The number of carbonyl (C=O) groups excluding carboxylic acids is 1. The molecule has 2 fully saturated rings. The number of likely N-dealkylation sites (tertiary alicyclic amines) is 1. The van der Waals surface area contributed by atoms with Gasteiger partial charge in [-0.25, -0.2) is 4.68 Å². The minimum atomic E-state index is -4.99. The lowest BCUT2D eigenvalue weighted by Crippen LogP contribution is -2.40. The number of hydrogen-bond acceptors (Lipinski definition) is 5. The number of alkyl halides is 6. The van der Waals surface area contributed by atoms with E-state index in [9.17, 15) is 31.1 Å². The van der Waals surface area contributed by atoms with Gasteiger partial charge >= 0.3 is 12.4 Å². The Morgan fingerprint density at radius 3 is 2.25 bits per heavy atom. The van der Waals surface area contributed by atoms with E-state index in [2.05, 4.69) is 10.3 Å². The molecule has 40 heavy (non-hydrogen) atoms. The SMILES string of the molecule is O=C(c1nnn(Cc2cc(C(F)(F)F)cc(C(F)(F)F)c2)c1N1CCOCC1)N1CCC[C@@H]1c1ccccc1Cl. The molecule has 14 heteroatoms. The highest BCUT2D eigenvalue weighted by Crippen LogP contribution is 2.39. The molecule has 0 radical (unpaired) electrons. The smallest absolute Gasteiger partial charge is 0.378 e. The zero-order valence-corrected chi connectivity index (χ0v) is 21.7. The lowest BCUT2D eigenvalue weighted by atomic mass is 10.0. The van der Waals surface area contributed by atoms with Crippen LogP contribution in [0.3, 0.4) is 0 Å². The summed E-state index contributed by atoms with van der Waals surface area (Å²) in [7, 11) is 0. The van der Waals surface area contributed by atoms with Crippen LogP contribution in [0.5, 0.6) is 0 Å². The maximum absolute atomic E-state index is 13.9. The van der Waals surface area contributed by atoms with Crippen LogP contribution < -0.4 is 4.90 Å². The molecule has 2 aromatic carbocycles. The minimum Gasteiger partial charge on any atom is -0.378 e. The van der Waals surface area contributed by atoms with E-state index in [1.807, 2.05) is 12.1 Å². The minimum absolute atomic E-state index is 0.0381. The van der Waals surface area contributed by atoms with Crippen LogP contribution in [0.25, 0.3) is 0 Å². The number of rotatable bonds is 5. The van der Waals surface area contributed by atoms with Crippen molar-refractivity contribution in [3.63, 3.8) is 0 Å². The van der Waals surface area contributed by atoms with Crippen LogP contribution in [0.15, 0.2) is 42.5 Å². The molecule has 0 aliphatic carbocycles. The molecule has 2 saturated heterocycles. The van der Waals surface area contributed by atoms with Gasteiger partial charge in [-0.1, -0.05) is 35.0 Å². The molecule has 7 nitrogen and oxygen atoms in total. The van der Waals surface area contributed by atoms with Crippen molar-refractivity contribution in [2.24, 2.45) is 0 Å². The summed E-state index contributed by atoms with van der Waals surface area (Å²) in [5.41, 5.74) is -2.40. The first kappa shape index (κ1) is 28.2. The molecular weight excluding hydrogens is 564 g/mol. The molecule has 214 valence electrons. The number of nitrogens with zero attached hydrogens (tertiary/aromatic N) is 5. The predicted octanol–water partition coefficient (Wildman–Crippen LogP) is 5.83. The quantitative estimate of drug-likeness (QED) is 0.352. The van der Waals surface area contributed by atoms with Gasteiger partial charge in [0.1, 0.15) is 0 Å². The first-order chi connectivity index (χ1) is 18.9. The zero-order chi connectivity index (χ0) is 28.7. The summed E-state index contributed by atoms with van der Waals surface area (Å²) in [4.78, 5) is 17.2. The molecule has 0 saturated carbocycles. The van der Waals surface area contributed by atoms with Gasteiger partial charge in [0.05, 0.1) is 36.9 Å². The first-order valence-corrected chi connectivity index (χ1v) is 12.9. The van der Waals surface area contributed by atoms with Crippen molar-refractivity contribution in [2.75, 3.05) is 37.7 Å². The van der Waals surface area contributed by atoms with E-state index in [0.29, 0.717) is 62.8 Å². The number of amides is 1. The Balaban J connectivity index is 1.54.